The Hall–Kier alpha value is -3.37. The number of hydrogen-bond donors (Lipinski definition) is 0. The normalized spacial score (nSPS) is 23.5. The summed E-state index contributed by atoms with van der Waals surface area (Å²) in [6, 6.07) is 6.87. The van der Waals surface area contributed by atoms with Crippen LogP contribution >= 0.6 is 11.6 Å². The number of ether oxygens (including phenoxy) is 1. The quantitative estimate of drug-likeness (QED) is 0.552. The third-order valence-corrected chi connectivity index (χ3v) is 6.49. The highest BCUT2D eigenvalue weighted by atomic mass is 35.5. The molecule has 0 N–H and O–H groups in total. The Morgan fingerprint density at radius 3 is 2.82 bits per heavy atom. The number of carbonyl (C=O) groups is 1. The zero-order valence-electron chi connectivity index (χ0n) is 17.7. The molecule has 8 nitrogen and oxygen atoms in total. The van der Waals surface area contributed by atoms with Gasteiger partial charge in [-0.2, -0.15) is 4.98 Å². The fourth-order valence-corrected chi connectivity index (χ4v) is 4.81. The molecule has 2 aromatic carbocycles. The van der Waals surface area contributed by atoms with Crippen molar-refractivity contribution in [3.63, 3.8) is 0 Å². The Bertz CT molecular complexity index is 1310. The predicted octanol–water partition coefficient (Wildman–Crippen LogP) is 4.15. The van der Waals surface area contributed by atoms with Gasteiger partial charge in [-0.3, -0.25) is 9.79 Å². The molecule has 0 radical (unpaired) electrons. The monoisotopic (exact) mass is 485 g/mol. The number of hydrogen-bond acceptors (Lipinski definition) is 7. The highest BCUT2D eigenvalue weighted by Gasteiger charge is 2.48. The molecule has 1 aromatic heterocycles. The molecule has 34 heavy (non-hydrogen) atoms. The number of benzene rings is 2. The second-order valence-corrected chi connectivity index (χ2v) is 8.80. The van der Waals surface area contributed by atoms with Crippen LogP contribution in [0.1, 0.15) is 24.8 Å². The van der Waals surface area contributed by atoms with E-state index in [9.17, 15) is 13.6 Å². The van der Waals surface area contributed by atoms with Crippen molar-refractivity contribution < 1.29 is 22.8 Å². The summed E-state index contributed by atoms with van der Waals surface area (Å²) < 4.78 is 38.6. The molecule has 174 valence electrons. The molecule has 1 fully saturated rings. The van der Waals surface area contributed by atoms with Gasteiger partial charge in [0.2, 0.25) is 5.82 Å². The van der Waals surface area contributed by atoms with Crippen LogP contribution in [0, 0.1) is 11.6 Å². The van der Waals surface area contributed by atoms with Crippen molar-refractivity contribution in [1.29, 1.82) is 0 Å². The molecule has 0 spiro atoms. The molecule has 1 saturated heterocycles. The average Bonchev–Trinajstić information content (AvgIpc) is 3.57. The molecule has 11 heteroatoms. The van der Waals surface area contributed by atoms with Crippen LogP contribution in [-0.2, 0) is 9.53 Å². The molecule has 4 heterocycles. The van der Waals surface area contributed by atoms with Crippen LogP contribution in [-0.4, -0.2) is 47.7 Å². The van der Waals surface area contributed by atoms with Crippen LogP contribution in [0.15, 0.2) is 45.9 Å². The summed E-state index contributed by atoms with van der Waals surface area (Å²) in [7, 11) is 0. The lowest BCUT2D eigenvalue weighted by Crippen LogP contribution is -2.54. The van der Waals surface area contributed by atoms with E-state index in [2.05, 4.69) is 15.1 Å². The highest BCUT2D eigenvalue weighted by Crippen LogP contribution is 2.44. The second-order valence-electron chi connectivity index (χ2n) is 8.36. The van der Waals surface area contributed by atoms with Crippen molar-refractivity contribution in [2.45, 2.75) is 31.0 Å². The summed E-state index contributed by atoms with van der Waals surface area (Å²) in [5.74, 6) is -1.72. The number of anilines is 2. The van der Waals surface area contributed by atoms with Gasteiger partial charge in [-0.05, 0) is 43.2 Å². The number of aliphatic imine (C=N–C) groups is 1. The minimum atomic E-state index is -0.814. The molecule has 1 amide bonds. The molecule has 3 atom stereocenters. The van der Waals surface area contributed by atoms with Crippen molar-refractivity contribution in [2.24, 2.45) is 4.99 Å². The number of rotatable bonds is 4. The van der Waals surface area contributed by atoms with Crippen molar-refractivity contribution in [3.8, 4) is 11.4 Å². The van der Waals surface area contributed by atoms with Gasteiger partial charge in [-0.1, -0.05) is 16.8 Å². The van der Waals surface area contributed by atoms with Gasteiger partial charge in [-0.15, -0.1) is 0 Å². The van der Waals surface area contributed by atoms with E-state index in [0.717, 1.165) is 30.7 Å². The largest absolute Gasteiger partial charge is 0.376 e. The Morgan fingerprint density at radius 1 is 1.15 bits per heavy atom. The third-order valence-electron chi connectivity index (χ3n) is 6.25. The molecule has 0 aliphatic carbocycles. The first-order valence-corrected chi connectivity index (χ1v) is 11.2. The van der Waals surface area contributed by atoms with Crippen molar-refractivity contribution in [3.05, 3.63) is 58.9 Å². The summed E-state index contributed by atoms with van der Waals surface area (Å²) >= 11 is 6.25. The Morgan fingerprint density at radius 2 is 2.03 bits per heavy atom. The molecule has 0 bridgehead atoms. The minimum absolute atomic E-state index is 0.00907. The van der Waals surface area contributed by atoms with Gasteiger partial charge in [0.15, 0.2) is 6.04 Å². The van der Waals surface area contributed by atoms with E-state index in [-0.39, 0.29) is 29.3 Å². The van der Waals surface area contributed by atoms with Gasteiger partial charge in [-0.25, -0.2) is 8.78 Å². The van der Waals surface area contributed by atoms with Gasteiger partial charge >= 0.3 is 0 Å². The van der Waals surface area contributed by atoms with E-state index in [1.165, 1.54) is 6.07 Å². The summed E-state index contributed by atoms with van der Waals surface area (Å²) in [5, 5.41) is 4.35. The summed E-state index contributed by atoms with van der Waals surface area (Å²) in [6.07, 6.45) is 3.30. The van der Waals surface area contributed by atoms with Crippen molar-refractivity contribution in [2.75, 3.05) is 23.0 Å². The zero-order valence-corrected chi connectivity index (χ0v) is 18.5. The molecular weight excluding hydrogens is 468 g/mol. The topological polar surface area (TPSA) is 84.1 Å². The Kier molecular flexibility index (Phi) is 5.07. The predicted molar refractivity (Wildman–Crippen MR) is 120 cm³/mol. The lowest BCUT2D eigenvalue weighted by Gasteiger charge is -2.40. The molecule has 3 aliphatic heterocycles. The molecular formula is C23H18ClF2N5O3. The van der Waals surface area contributed by atoms with E-state index < -0.39 is 23.7 Å². The first kappa shape index (κ1) is 21.2. The first-order valence-electron chi connectivity index (χ1n) is 10.8. The number of carbonyl (C=O) groups excluding carboxylic acids is 1. The summed E-state index contributed by atoms with van der Waals surface area (Å²) in [4.78, 5) is 25.9. The van der Waals surface area contributed by atoms with Gasteiger partial charge in [0, 0.05) is 17.7 Å². The van der Waals surface area contributed by atoms with Crippen LogP contribution in [0.4, 0.5) is 20.2 Å². The third kappa shape index (κ3) is 3.45. The summed E-state index contributed by atoms with van der Waals surface area (Å²) in [5.41, 5.74) is 1.43. The van der Waals surface area contributed by atoms with Crippen LogP contribution in [0.5, 0.6) is 0 Å². The number of aromatic nitrogens is 2. The van der Waals surface area contributed by atoms with Crippen LogP contribution in [0.2, 0.25) is 5.02 Å². The van der Waals surface area contributed by atoms with E-state index in [0.29, 0.717) is 23.9 Å². The van der Waals surface area contributed by atoms with Crippen LogP contribution in [0.25, 0.3) is 11.4 Å². The SMILES string of the molecule is O=C1C2C(c3nc(-c4ccc(F)cc4F)no3)N=CN2c2ccc(Cl)cc2N1CC1CCCO1. The van der Waals surface area contributed by atoms with Gasteiger partial charge in [0.25, 0.3) is 11.8 Å². The number of amides is 1. The Labute approximate surface area is 197 Å². The Balaban J connectivity index is 1.36. The smallest absolute Gasteiger partial charge is 0.254 e. The average molecular weight is 486 g/mol. The fourth-order valence-electron chi connectivity index (χ4n) is 4.64. The minimum Gasteiger partial charge on any atom is -0.376 e. The van der Waals surface area contributed by atoms with Crippen molar-refractivity contribution >= 4 is 35.2 Å². The number of fused-ring (bicyclic) bond motifs is 3. The van der Waals surface area contributed by atoms with Crippen molar-refractivity contribution in [1.82, 2.24) is 10.1 Å². The first-order chi connectivity index (χ1) is 16.5. The van der Waals surface area contributed by atoms with E-state index >= 15 is 0 Å². The molecule has 3 aliphatic rings. The maximum Gasteiger partial charge on any atom is 0.254 e. The second kappa shape index (κ2) is 8.14. The maximum atomic E-state index is 14.2. The number of halogens is 3. The van der Waals surface area contributed by atoms with E-state index in [1.807, 2.05) is 6.07 Å². The lowest BCUT2D eigenvalue weighted by molar-refractivity contribution is -0.120. The van der Waals surface area contributed by atoms with E-state index in [4.69, 9.17) is 20.9 Å². The maximum absolute atomic E-state index is 14.2. The van der Waals surface area contributed by atoms with Gasteiger partial charge < -0.3 is 19.1 Å². The highest BCUT2D eigenvalue weighted by molar-refractivity contribution is 6.31. The van der Waals surface area contributed by atoms with Crippen LogP contribution < -0.4 is 9.80 Å². The van der Waals surface area contributed by atoms with Gasteiger partial charge in [0.05, 0.1) is 35.9 Å². The zero-order chi connectivity index (χ0) is 23.4. The standard InChI is InChI=1S/C23H18ClF2N5O3/c24-12-3-6-17-18(8-12)30(10-14-2-1-7-33-14)23(32)20-19(27-11-31(17)20)22-28-21(29-34-22)15-5-4-13(25)9-16(15)26/h3-6,8-9,11,14,19-20H,1-2,7,10H2. The van der Waals surface area contributed by atoms with E-state index in [1.54, 1.807) is 28.3 Å². The molecule has 3 unspecified atom stereocenters. The number of nitrogens with zero attached hydrogens (tertiary/aromatic N) is 5. The van der Waals surface area contributed by atoms with Gasteiger partial charge in [0.1, 0.15) is 17.7 Å². The lowest BCUT2D eigenvalue weighted by atomic mass is 10.0. The van der Waals surface area contributed by atoms with Crippen LogP contribution in [0.3, 0.4) is 0 Å². The molecule has 3 aromatic rings. The fraction of sp³-hybridized carbons (Fsp3) is 0.304. The molecule has 0 saturated carbocycles. The summed E-state index contributed by atoms with van der Waals surface area (Å²) in [6.45, 7) is 1.06. The molecule has 6 rings (SSSR count).